The van der Waals surface area contributed by atoms with Crippen molar-refractivity contribution in [2.75, 3.05) is 21.6 Å². The van der Waals surface area contributed by atoms with E-state index in [0.29, 0.717) is 20.9 Å². The Hall–Kier alpha value is -1.91. The summed E-state index contributed by atoms with van der Waals surface area (Å²) in [5.41, 5.74) is 1.34. The van der Waals surface area contributed by atoms with E-state index in [1.54, 1.807) is 24.3 Å². The minimum Gasteiger partial charge on any atom is -0.299 e. The summed E-state index contributed by atoms with van der Waals surface area (Å²) in [4.78, 5) is 12.6. The molecule has 0 fully saturated rings. The van der Waals surface area contributed by atoms with Gasteiger partial charge in [-0.05, 0) is 31.5 Å². The monoisotopic (exact) mass is 412 g/mol. The van der Waals surface area contributed by atoms with Crippen molar-refractivity contribution in [1.29, 1.82) is 0 Å². The number of sulfonamides is 1. The quantitative estimate of drug-likeness (QED) is 0.407. The van der Waals surface area contributed by atoms with Gasteiger partial charge in [-0.1, -0.05) is 41.3 Å². The van der Waals surface area contributed by atoms with Crippen molar-refractivity contribution in [1.82, 2.24) is 10.2 Å². The average Bonchev–Trinajstić information content (AvgIpc) is 2.99. The average molecular weight is 413 g/mol. The molecule has 0 aliphatic rings. The molecular weight excluding hydrogens is 392 g/mol. The van der Waals surface area contributed by atoms with Crippen LogP contribution in [0, 0.1) is 6.92 Å². The zero-order chi connectivity index (χ0) is 19.3. The molecule has 2 rings (SSSR count). The number of benzene rings is 1. The molecule has 1 atom stereocenters. The normalized spacial score (nSPS) is 12.4. The molecule has 1 aromatic carbocycles. The van der Waals surface area contributed by atoms with E-state index in [1.807, 2.05) is 13.0 Å². The van der Waals surface area contributed by atoms with Crippen LogP contribution in [0.2, 0.25) is 0 Å². The maximum absolute atomic E-state index is 12.6. The summed E-state index contributed by atoms with van der Waals surface area (Å²) in [7, 11) is -3.65. The second kappa shape index (κ2) is 8.65. The van der Waals surface area contributed by atoms with E-state index >= 15 is 0 Å². The second-order valence-corrected chi connectivity index (χ2v) is 9.64. The van der Waals surface area contributed by atoms with Gasteiger partial charge in [-0.2, -0.15) is 0 Å². The second-order valence-electron chi connectivity index (χ2n) is 5.54. The predicted molar refractivity (Wildman–Crippen MR) is 107 cm³/mol. The SMILES string of the molecule is C=CCSc1nnc(NC(=O)[C@H](C)N(c2cccc(C)c2)S(C)(=O)=O)s1. The largest absolute Gasteiger partial charge is 0.299 e. The Morgan fingerprint density at radius 3 is 2.81 bits per heavy atom. The van der Waals surface area contributed by atoms with Crippen molar-refractivity contribution in [3.8, 4) is 0 Å². The number of carbonyl (C=O) groups excluding carboxylic acids is 1. The lowest BCUT2D eigenvalue weighted by molar-refractivity contribution is -0.116. The summed E-state index contributed by atoms with van der Waals surface area (Å²) >= 11 is 2.68. The Bertz CT molecular complexity index is 896. The highest BCUT2D eigenvalue weighted by Crippen LogP contribution is 2.26. The lowest BCUT2D eigenvalue weighted by Gasteiger charge is -2.28. The van der Waals surface area contributed by atoms with Crippen LogP contribution in [-0.4, -0.2) is 42.6 Å². The van der Waals surface area contributed by atoms with Crippen molar-refractivity contribution in [2.45, 2.75) is 24.2 Å². The molecule has 0 radical (unpaired) electrons. The molecule has 1 amide bonds. The number of aromatic nitrogens is 2. The van der Waals surface area contributed by atoms with Gasteiger partial charge in [-0.15, -0.1) is 16.8 Å². The fraction of sp³-hybridized carbons (Fsp3) is 0.312. The van der Waals surface area contributed by atoms with Crippen molar-refractivity contribution in [3.63, 3.8) is 0 Å². The van der Waals surface area contributed by atoms with Crippen LogP contribution in [-0.2, 0) is 14.8 Å². The summed E-state index contributed by atoms with van der Waals surface area (Å²) in [6.45, 7) is 7.03. The van der Waals surface area contributed by atoms with Gasteiger partial charge in [0, 0.05) is 5.75 Å². The summed E-state index contributed by atoms with van der Waals surface area (Å²) in [5, 5.41) is 10.8. The number of anilines is 2. The molecule has 26 heavy (non-hydrogen) atoms. The van der Waals surface area contributed by atoms with Gasteiger partial charge in [-0.3, -0.25) is 14.4 Å². The van der Waals surface area contributed by atoms with Gasteiger partial charge in [0.05, 0.1) is 11.9 Å². The van der Waals surface area contributed by atoms with Crippen molar-refractivity contribution >= 4 is 49.8 Å². The number of carbonyl (C=O) groups is 1. The van der Waals surface area contributed by atoms with Gasteiger partial charge in [0.1, 0.15) is 6.04 Å². The van der Waals surface area contributed by atoms with E-state index in [4.69, 9.17) is 0 Å². The zero-order valence-electron chi connectivity index (χ0n) is 14.7. The predicted octanol–water partition coefficient (Wildman–Crippen LogP) is 2.92. The molecule has 0 saturated carbocycles. The molecular formula is C16H20N4O3S3. The van der Waals surface area contributed by atoms with Crippen molar-refractivity contribution in [2.24, 2.45) is 0 Å². The van der Waals surface area contributed by atoms with Gasteiger partial charge >= 0.3 is 0 Å². The number of nitrogens with zero attached hydrogens (tertiary/aromatic N) is 3. The maximum atomic E-state index is 12.6. The molecule has 0 bridgehead atoms. The number of hydrogen-bond donors (Lipinski definition) is 1. The molecule has 7 nitrogen and oxygen atoms in total. The zero-order valence-corrected chi connectivity index (χ0v) is 17.1. The summed E-state index contributed by atoms with van der Waals surface area (Å²) in [6.07, 6.45) is 2.83. The molecule has 0 saturated heterocycles. The minimum absolute atomic E-state index is 0.325. The van der Waals surface area contributed by atoms with Crippen LogP contribution >= 0.6 is 23.1 Å². The van der Waals surface area contributed by atoms with Crippen LogP contribution in [0.4, 0.5) is 10.8 Å². The smallest absolute Gasteiger partial charge is 0.249 e. The third-order valence-electron chi connectivity index (χ3n) is 3.31. The van der Waals surface area contributed by atoms with Crippen LogP contribution in [0.3, 0.4) is 0 Å². The van der Waals surface area contributed by atoms with Crippen LogP contribution < -0.4 is 9.62 Å². The molecule has 10 heteroatoms. The van der Waals surface area contributed by atoms with Gasteiger partial charge in [0.15, 0.2) is 4.34 Å². The van der Waals surface area contributed by atoms with Crippen molar-refractivity contribution in [3.05, 3.63) is 42.5 Å². The number of nitrogens with one attached hydrogen (secondary N) is 1. The highest BCUT2D eigenvalue weighted by Gasteiger charge is 2.29. The molecule has 1 heterocycles. The van der Waals surface area contributed by atoms with E-state index in [2.05, 4.69) is 22.1 Å². The molecule has 1 N–H and O–H groups in total. The van der Waals surface area contributed by atoms with Crippen LogP contribution in [0.1, 0.15) is 12.5 Å². The van der Waals surface area contributed by atoms with Crippen LogP contribution in [0.25, 0.3) is 0 Å². The van der Waals surface area contributed by atoms with E-state index in [0.717, 1.165) is 16.1 Å². The molecule has 0 aliphatic carbocycles. The Morgan fingerprint density at radius 2 is 2.19 bits per heavy atom. The summed E-state index contributed by atoms with van der Waals surface area (Å²) in [5.74, 6) is 0.210. The molecule has 140 valence electrons. The number of rotatable bonds is 8. The summed E-state index contributed by atoms with van der Waals surface area (Å²) < 4.78 is 26.3. The van der Waals surface area contributed by atoms with Gasteiger partial charge in [0.25, 0.3) is 0 Å². The number of amides is 1. The first-order chi connectivity index (χ1) is 12.2. The highest BCUT2D eigenvalue weighted by atomic mass is 32.2. The summed E-state index contributed by atoms with van der Waals surface area (Å²) in [6, 6.07) is 6.05. The van der Waals surface area contributed by atoms with Crippen LogP contribution in [0.15, 0.2) is 41.3 Å². The first-order valence-electron chi connectivity index (χ1n) is 7.66. The third-order valence-corrected chi connectivity index (χ3v) is 6.52. The number of aryl methyl sites for hydroxylation is 1. The first kappa shape index (κ1) is 20.4. The number of hydrogen-bond acceptors (Lipinski definition) is 7. The van der Waals surface area contributed by atoms with E-state index in [9.17, 15) is 13.2 Å². The number of thioether (sulfide) groups is 1. The Labute approximate surface area is 161 Å². The Morgan fingerprint density at radius 1 is 1.46 bits per heavy atom. The van der Waals surface area contributed by atoms with Crippen LogP contribution in [0.5, 0.6) is 0 Å². The van der Waals surface area contributed by atoms with Crippen molar-refractivity contribution < 1.29 is 13.2 Å². The molecule has 0 aliphatic heterocycles. The molecule has 0 spiro atoms. The van der Waals surface area contributed by atoms with Gasteiger partial charge in [-0.25, -0.2) is 8.42 Å². The minimum atomic E-state index is -3.65. The molecule has 2 aromatic rings. The van der Waals surface area contributed by atoms with E-state index in [-0.39, 0.29) is 0 Å². The fourth-order valence-electron chi connectivity index (χ4n) is 2.23. The highest BCUT2D eigenvalue weighted by molar-refractivity contribution is 8.01. The fourth-order valence-corrected chi connectivity index (χ4v) is 4.92. The van der Waals surface area contributed by atoms with Gasteiger partial charge < -0.3 is 0 Å². The lowest BCUT2D eigenvalue weighted by atomic mass is 10.2. The maximum Gasteiger partial charge on any atom is 0.249 e. The van der Waals surface area contributed by atoms with Gasteiger partial charge in [0.2, 0.25) is 21.1 Å². The molecule has 0 unspecified atom stereocenters. The Kier molecular flexibility index (Phi) is 6.79. The Balaban J connectivity index is 2.20. The van der Waals surface area contributed by atoms with E-state index in [1.165, 1.54) is 30.0 Å². The first-order valence-corrected chi connectivity index (χ1v) is 11.3. The topological polar surface area (TPSA) is 92.3 Å². The molecule has 1 aromatic heterocycles. The lowest BCUT2D eigenvalue weighted by Crippen LogP contribution is -2.45. The van der Waals surface area contributed by atoms with E-state index < -0.39 is 22.0 Å². The third kappa shape index (κ3) is 5.29. The standard InChI is InChI=1S/C16H20N4O3S3/c1-5-9-24-16-19-18-15(25-16)17-14(21)12(3)20(26(4,22)23)13-8-6-7-11(2)10-13/h5-8,10,12H,1,9H2,2-4H3,(H,17,18,21)/t12-/m0/s1.